The number of aryl methyl sites for hydroxylation is 1. The van der Waals surface area contributed by atoms with Crippen LogP contribution in [0.25, 0.3) is 0 Å². The van der Waals surface area contributed by atoms with Crippen LogP contribution in [0.1, 0.15) is 24.8 Å². The largest absolute Gasteiger partial charge is 0.472 e. The van der Waals surface area contributed by atoms with Gasteiger partial charge in [-0.2, -0.15) is 0 Å². The molecule has 1 unspecified atom stereocenters. The van der Waals surface area contributed by atoms with E-state index in [-0.39, 0.29) is 5.91 Å². The van der Waals surface area contributed by atoms with Crippen molar-refractivity contribution in [1.29, 1.82) is 0 Å². The average Bonchev–Trinajstić information content (AvgIpc) is 2.82. The van der Waals surface area contributed by atoms with Gasteiger partial charge >= 0.3 is 0 Å². The molecule has 4 heteroatoms. The monoisotopic (exact) mass is 209 g/mol. The number of hydrogen-bond acceptors (Lipinski definition) is 3. The number of aliphatic hydroxyl groups is 1. The zero-order valence-electron chi connectivity index (χ0n) is 8.56. The Morgan fingerprint density at radius 1 is 1.60 bits per heavy atom. The van der Waals surface area contributed by atoms with Crippen LogP contribution in [0, 0.1) is 0 Å². The lowest BCUT2D eigenvalue weighted by molar-refractivity contribution is -0.133. The van der Waals surface area contributed by atoms with E-state index in [1.165, 1.54) is 0 Å². The van der Waals surface area contributed by atoms with Gasteiger partial charge in [0.1, 0.15) is 6.23 Å². The molecule has 82 valence electrons. The molecule has 1 fully saturated rings. The van der Waals surface area contributed by atoms with Gasteiger partial charge in [-0.05, 0) is 24.5 Å². The fraction of sp³-hybridized carbons (Fsp3) is 0.545. The molecular weight excluding hydrogens is 194 g/mol. The third-order valence-electron chi connectivity index (χ3n) is 2.74. The van der Waals surface area contributed by atoms with E-state index in [1.807, 2.05) is 6.07 Å². The second-order valence-corrected chi connectivity index (χ2v) is 3.84. The van der Waals surface area contributed by atoms with Gasteiger partial charge in [-0.3, -0.25) is 4.79 Å². The minimum Gasteiger partial charge on any atom is -0.472 e. The van der Waals surface area contributed by atoms with Crippen LogP contribution in [-0.4, -0.2) is 28.7 Å². The highest BCUT2D eigenvalue weighted by atomic mass is 16.3. The second kappa shape index (κ2) is 4.49. The molecule has 4 nitrogen and oxygen atoms in total. The van der Waals surface area contributed by atoms with Gasteiger partial charge in [0.05, 0.1) is 12.5 Å². The molecule has 1 aromatic heterocycles. The van der Waals surface area contributed by atoms with Crippen molar-refractivity contribution in [3.8, 4) is 0 Å². The Morgan fingerprint density at radius 2 is 2.47 bits per heavy atom. The molecule has 1 aliphatic heterocycles. The molecule has 1 amide bonds. The molecule has 15 heavy (non-hydrogen) atoms. The normalized spacial score (nSPS) is 21.3. The molecule has 0 saturated carbocycles. The predicted octanol–water partition coefficient (Wildman–Crippen LogP) is 1.15. The Hall–Kier alpha value is -1.29. The lowest BCUT2D eigenvalue weighted by atomic mass is 10.2. The van der Waals surface area contributed by atoms with Crippen LogP contribution in [-0.2, 0) is 11.2 Å². The zero-order chi connectivity index (χ0) is 10.7. The maximum absolute atomic E-state index is 11.3. The van der Waals surface area contributed by atoms with Gasteiger partial charge in [0.2, 0.25) is 5.91 Å². The number of carbonyl (C=O) groups excluding carboxylic acids is 1. The van der Waals surface area contributed by atoms with Crippen LogP contribution in [0.3, 0.4) is 0 Å². The number of nitrogens with zero attached hydrogens (tertiary/aromatic N) is 1. The summed E-state index contributed by atoms with van der Waals surface area (Å²) in [5.41, 5.74) is 1.14. The fourth-order valence-corrected chi connectivity index (χ4v) is 1.88. The van der Waals surface area contributed by atoms with E-state index in [0.29, 0.717) is 19.4 Å². The molecule has 0 bridgehead atoms. The zero-order valence-corrected chi connectivity index (χ0v) is 8.56. The fourth-order valence-electron chi connectivity index (χ4n) is 1.88. The number of likely N-dealkylation sites (tertiary alicyclic amines) is 1. The highest BCUT2D eigenvalue weighted by molar-refractivity contribution is 5.78. The van der Waals surface area contributed by atoms with Gasteiger partial charge < -0.3 is 14.4 Å². The van der Waals surface area contributed by atoms with E-state index in [1.54, 1.807) is 17.4 Å². The van der Waals surface area contributed by atoms with Crippen molar-refractivity contribution in [2.24, 2.45) is 0 Å². The summed E-state index contributed by atoms with van der Waals surface area (Å²) in [6.07, 6.45) is 5.59. The van der Waals surface area contributed by atoms with Crippen molar-refractivity contribution in [3.63, 3.8) is 0 Å². The van der Waals surface area contributed by atoms with Crippen LogP contribution in [0.5, 0.6) is 0 Å². The molecule has 2 rings (SSSR count). The van der Waals surface area contributed by atoms with Crippen molar-refractivity contribution in [2.75, 3.05) is 6.54 Å². The Kier molecular flexibility index (Phi) is 3.06. The minimum atomic E-state index is -0.568. The summed E-state index contributed by atoms with van der Waals surface area (Å²) >= 11 is 0. The van der Waals surface area contributed by atoms with Crippen LogP contribution in [0.2, 0.25) is 0 Å². The number of hydrogen-bond donors (Lipinski definition) is 1. The van der Waals surface area contributed by atoms with Crippen LogP contribution in [0.15, 0.2) is 23.0 Å². The molecular formula is C11H15NO3. The van der Waals surface area contributed by atoms with E-state index in [9.17, 15) is 9.90 Å². The summed E-state index contributed by atoms with van der Waals surface area (Å²) in [5.74, 6) is 0.0645. The molecule has 0 radical (unpaired) electrons. The SMILES string of the molecule is O=C1CCC(O)N1CCCc1ccoc1. The van der Waals surface area contributed by atoms with Gasteiger partial charge in [-0.15, -0.1) is 0 Å². The number of furan rings is 1. The van der Waals surface area contributed by atoms with Crippen molar-refractivity contribution in [2.45, 2.75) is 31.9 Å². The number of rotatable bonds is 4. The quantitative estimate of drug-likeness (QED) is 0.809. The molecule has 1 saturated heterocycles. The summed E-state index contributed by atoms with van der Waals surface area (Å²) in [6.45, 7) is 0.630. The van der Waals surface area contributed by atoms with E-state index >= 15 is 0 Å². The maximum atomic E-state index is 11.3. The molecule has 1 aromatic rings. The highest BCUT2D eigenvalue weighted by Crippen LogP contribution is 2.17. The van der Waals surface area contributed by atoms with Crippen molar-refractivity contribution in [3.05, 3.63) is 24.2 Å². The molecule has 0 aliphatic carbocycles. The lowest BCUT2D eigenvalue weighted by Gasteiger charge is -2.19. The minimum absolute atomic E-state index is 0.0645. The molecule has 0 spiro atoms. The Labute approximate surface area is 88.5 Å². The maximum Gasteiger partial charge on any atom is 0.224 e. The van der Waals surface area contributed by atoms with E-state index in [4.69, 9.17) is 4.42 Å². The van der Waals surface area contributed by atoms with Crippen LogP contribution >= 0.6 is 0 Å². The summed E-state index contributed by atoms with van der Waals surface area (Å²) in [6, 6.07) is 1.92. The van der Waals surface area contributed by atoms with Gasteiger partial charge in [0.15, 0.2) is 0 Å². The Morgan fingerprint density at radius 3 is 3.07 bits per heavy atom. The van der Waals surface area contributed by atoms with Crippen molar-refractivity contribution in [1.82, 2.24) is 4.90 Å². The van der Waals surface area contributed by atoms with E-state index in [2.05, 4.69) is 0 Å². The summed E-state index contributed by atoms with van der Waals surface area (Å²) in [5, 5.41) is 9.50. The smallest absolute Gasteiger partial charge is 0.224 e. The third kappa shape index (κ3) is 2.39. The standard InChI is InChI=1S/C11H15NO3/c13-10-3-4-11(14)12(10)6-1-2-9-5-7-15-8-9/h5,7-8,10,13H,1-4,6H2. The summed E-state index contributed by atoms with van der Waals surface area (Å²) in [4.78, 5) is 12.9. The Balaban J connectivity index is 1.76. The summed E-state index contributed by atoms with van der Waals surface area (Å²) < 4.78 is 4.95. The van der Waals surface area contributed by atoms with Crippen LogP contribution in [0.4, 0.5) is 0 Å². The van der Waals surface area contributed by atoms with Gasteiger partial charge in [0.25, 0.3) is 0 Å². The number of aliphatic hydroxyl groups excluding tert-OH is 1. The molecule has 2 heterocycles. The lowest BCUT2D eigenvalue weighted by Crippen LogP contribution is -2.33. The molecule has 1 atom stereocenters. The Bertz CT molecular complexity index is 321. The molecule has 0 aromatic carbocycles. The number of carbonyl (C=O) groups is 1. The predicted molar refractivity (Wildman–Crippen MR) is 54.0 cm³/mol. The van der Waals surface area contributed by atoms with E-state index < -0.39 is 6.23 Å². The van der Waals surface area contributed by atoms with Crippen LogP contribution < -0.4 is 0 Å². The van der Waals surface area contributed by atoms with Crippen molar-refractivity contribution < 1.29 is 14.3 Å². The average molecular weight is 209 g/mol. The number of amides is 1. The molecule has 1 aliphatic rings. The van der Waals surface area contributed by atoms with Gasteiger partial charge in [-0.1, -0.05) is 0 Å². The first kappa shape index (κ1) is 10.2. The van der Waals surface area contributed by atoms with Crippen molar-refractivity contribution >= 4 is 5.91 Å². The first-order valence-corrected chi connectivity index (χ1v) is 5.26. The van der Waals surface area contributed by atoms with Gasteiger partial charge in [0, 0.05) is 19.4 Å². The molecule has 1 N–H and O–H groups in total. The summed E-state index contributed by atoms with van der Waals surface area (Å²) in [7, 11) is 0. The topological polar surface area (TPSA) is 53.7 Å². The van der Waals surface area contributed by atoms with Gasteiger partial charge in [-0.25, -0.2) is 0 Å². The highest BCUT2D eigenvalue weighted by Gasteiger charge is 2.28. The first-order valence-electron chi connectivity index (χ1n) is 5.26. The van der Waals surface area contributed by atoms with E-state index in [0.717, 1.165) is 18.4 Å². The second-order valence-electron chi connectivity index (χ2n) is 3.84. The third-order valence-corrected chi connectivity index (χ3v) is 2.74. The first-order chi connectivity index (χ1) is 7.27.